The molecule has 92 valence electrons. The van der Waals surface area contributed by atoms with Crippen molar-refractivity contribution in [2.75, 3.05) is 11.1 Å². The number of carbonyl (C=O) groups is 1. The Hall–Kier alpha value is -2.36. The van der Waals surface area contributed by atoms with Gasteiger partial charge in [0.2, 0.25) is 0 Å². The number of nitrogens with one attached hydrogen (secondary N) is 1. The summed E-state index contributed by atoms with van der Waals surface area (Å²) < 4.78 is 13.6. The molecule has 2 aromatic carbocycles. The summed E-state index contributed by atoms with van der Waals surface area (Å²) in [5, 5.41) is 2.62. The first-order valence-corrected chi connectivity index (χ1v) is 5.50. The van der Waals surface area contributed by atoms with Gasteiger partial charge in [0.25, 0.3) is 5.91 Å². The molecule has 0 radical (unpaired) electrons. The van der Waals surface area contributed by atoms with Crippen molar-refractivity contribution in [2.24, 2.45) is 0 Å². The van der Waals surface area contributed by atoms with Crippen molar-refractivity contribution in [3.63, 3.8) is 0 Å². The van der Waals surface area contributed by atoms with E-state index in [4.69, 9.17) is 5.73 Å². The summed E-state index contributed by atoms with van der Waals surface area (Å²) in [5.41, 5.74) is 7.34. The molecule has 0 aliphatic heterocycles. The van der Waals surface area contributed by atoms with Crippen LogP contribution in [-0.2, 0) is 0 Å². The van der Waals surface area contributed by atoms with E-state index in [0.29, 0.717) is 16.9 Å². The van der Waals surface area contributed by atoms with E-state index < -0.39 is 11.7 Å². The quantitative estimate of drug-likeness (QED) is 0.798. The van der Waals surface area contributed by atoms with Gasteiger partial charge in [0.15, 0.2) is 0 Å². The Kier molecular flexibility index (Phi) is 3.28. The molecule has 0 heterocycles. The monoisotopic (exact) mass is 244 g/mol. The van der Waals surface area contributed by atoms with E-state index in [1.165, 1.54) is 6.07 Å². The molecule has 0 aliphatic carbocycles. The molecule has 18 heavy (non-hydrogen) atoms. The Balaban J connectivity index is 2.28. The molecule has 0 atom stereocenters. The maximum absolute atomic E-state index is 13.6. The van der Waals surface area contributed by atoms with Crippen molar-refractivity contribution in [3.8, 4) is 0 Å². The molecule has 0 fully saturated rings. The summed E-state index contributed by atoms with van der Waals surface area (Å²) in [4.78, 5) is 12.0. The maximum atomic E-state index is 13.6. The van der Waals surface area contributed by atoms with Crippen molar-refractivity contribution in [3.05, 3.63) is 59.4 Å². The fraction of sp³-hybridized carbons (Fsp3) is 0.0714. The van der Waals surface area contributed by atoms with E-state index in [1.54, 1.807) is 43.3 Å². The van der Waals surface area contributed by atoms with E-state index in [9.17, 15) is 9.18 Å². The second kappa shape index (κ2) is 4.87. The smallest absolute Gasteiger partial charge is 0.258 e. The number of hydrogen-bond donors (Lipinski definition) is 2. The Morgan fingerprint density at radius 3 is 2.61 bits per heavy atom. The third kappa shape index (κ3) is 2.48. The van der Waals surface area contributed by atoms with Crippen LogP contribution >= 0.6 is 0 Å². The van der Waals surface area contributed by atoms with Gasteiger partial charge in [-0.25, -0.2) is 4.39 Å². The molecule has 1 amide bonds. The van der Waals surface area contributed by atoms with Crippen LogP contribution in [0.15, 0.2) is 42.5 Å². The number of nitrogen functional groups attached to an aromatic ring is 1. The normalized spacial score (nSPS) is 10.1. The molecule has 3 N–H and O–H groups in total. The van der Waals surface area contributed by atoms with Gasteiger partial charge in [0.05, 0.1) is 5.56 Å². The molecule has 4 heteroatoms. The lowest BCUT2D eigenvalue weighted by Crippen LogP contribution is -2.15. The van der Waals surface area contributed by atoms with Crippen molar-refractivity contribution in [1.29, 1.82) is 0 Å². The maximum Gasteiger partial charge on any atom is 0.258 e. The molecule has 0 saturated heterocycles. The highest BCUT2D eigenvalue weighted by Gasteiger charge is 2.14. The third-order valence-corrected chi connectivity index (χ3v) is 2.59. The van der Waals surface area contributed by atoms with E-state index >= 15 is 0 Å². The van der Waals surface area contributed by atoms with Crippen LogP contribution in [0.3, 0.4) is 0 Å². The largest absolute Gasteiger partial charge is 0.399 e. The van der Waals surface area contributed by atoms with Crippen LogP contribution in [0.1, 0.15) is 15.9 Å². The van der Waals surface area contributed by atoms with Gasteiger partial charge in [-0.15, -0.1) is 0 Å². The average molecular weight is 244 g/mol. The minimum atomic E-state index is -0.531. The number of aryl methyl sites for hydroxylation is 1. The van der Waals surface area contributed by atoms with Crippen LogP contribution in [0.4, 0.5) is 15.8 Å². The third-order valence-electron chi connectivity index (χ3n) is 2.59. The SMILES string of the molecule is Cc1cccc(F)c1C(=O)Nc1cccc(N)c1. The van der Waals surface area contributed by atoms with Crippen LogP contribution in [0.25, 0.3) is 0 Å². The van der Waals surface area contributed by atoms with Gasteiger partial charge in [0.1, 0.15) is 5.82 Å². The van der Waals surface area contributed by atoms with Crippen molar-refractivity contribution < 1.29 is 9.18 Å². The molecule has 0 unspecified atom stereocenters. The predicted molar refractivity (Wildman–Crippen MR) is 69.9 cm³/mol. The molecule has 0 spiro atoms. The van der Waals surface area contributed by atoms with Crippen molar-refractivity contribution in [1.82, 2.24) is 0 Å². The number of halogens is 1. The van der Waals surface area contributed by atoms with Crippen LogP contribution < -0.4 is 11.1 Å². The van der Waals surface area contributed by atoms with Gasteiger partial charge < -0.3 is 11.1 Å². The van der Waals surface area contributed by atoms with E-state index in [2.05, 4.69) is 5.32 Å². The number of carbonyl (C=O) groups excluding carboxylic acids is 1. The highest BCUT2D eigenvalue weighted by molar-refractivity contribution is 6.05. The van der Waals surface area contributed by atoms with Gasteiger partial charge in [0, 0.05) is 11.4 Å². The van der Waals surface area contributed by atoms with E-state index in [-0.39, 0.29) is 5.56 Å². The minimum Gasteiger partial charge on any atom is -0.399 e. The molecule has 0 aliphatic rings. The number of anilines is 2. The molecule has 2 aromatic rings. The second-order valence-electron chi connectivity index (χ2n) is 4.01. The standard InChI is InChI=1S/C14H13FN2O/c1-9-4-2-7-12(15)13(9)14(18)17-11-6-3-5-10(16)8-11/h2-8H,16H2,1H3,(H,17,18). The Morgan fingerprint density at radius 2 is 1.94 bits per heavy atom. The summed E-state index contributed by atoms with van der Waals surface area (Å²) >= 11 is 0. The van der Waals surface area contributed by atoms with Crippen LogP contribution in [-0.4, -0.2) is 5.91 Å². The Labute approximate surface area is 104 Å². The zero-order valence-electron chi connectivity index (χ0n) is 9.91. The highest BCUT2D eigenvalue weighted by Crippen LogP contribution is 2.17. The van der Waals surface area contributed by atoms with Crippen molar-refractivity contribution in [2.45, 2.75) is 6.92 Å². The highest BCUT2D eigenvalue weighted by atomic mass is 19.1. The first-order valence-electron chi connectivity index (χ1n) is 5.50. The Morgan fingerprint density at radius 1 is 1.22 bits per heavy atom. The van der Waals surface area contributed by atoms with Crippen LogP contribution in [0.2, 0.25) is 0 Å². The molecule has 0 aromatic heterocycles. The lowest BCUT2D eigenvalue weighted by Gasteiger charge is -2.09. The summed E-state index contributed by atoms with van der Waals surface area (Å²) in [7, 11) is 0. The number of nitrogens with two attached hydrogens (primary N) is 1. The van der Waals surface area contributed by atoms with Gasteiger partial charge in [-0.3, -0.25) is 4.79 Å². The van der Waals surface area contributed by atoms with E-state index in [0.717, 1.165) is 0 Å². The fourth-order valence-corrected chi connectivity index (χ4v) is 1.73. The first-order chi connectivity index (χ1) is 8.58. The Bertz CT molecular complexity index is 576. The van der Waals surface area contributed by atoms with Crippen molar-refractivity contribution >= 4 is 17.3 Å². The lowest BCUT2D eigenvalue weighted by molar-refractivity contribution is 0.102. The second-order valence-corrected chi connectivity index (χ2v) is 4.01. The number of hydrogen-bond acceptors (Lipinski definition) is 2. The topological polar surface area (TPSA) is 55.1 Å². The molecule has 0 saturated carbocycles. The first kappa shape index (κ1) is 12.1. The molecular formula is C14H13FN2O. The zero-order valence-corrected chi connectivity index (χ0v) is 9.91. The predicted octanol–water partition coefficient (Wildman–Crippen LogP) is 2.97. The lowest BCUT2D eigenvalue weighted by atomic mass is 10.1. The molecule has 2 rings (SSSR count). The summed E-state index contributed by atoms with van der Waals surface area (Å²) in [6.45, 7) is 1.69. The van der Waals surface area contributed by atoms with Crippen LogP contribution in [0, 0.1) is 12.7 Å². The molecule has 3 nitrogen and oxygen atoms in total. The number of rotatable bonds is 2. The summed E-state index contributed by atoms with van der Waals surface area (Å²) in [6, 6.07) is 11.3. The van der Waals surface area contributed by atoms with E-state index in [1.807, 2.05) is 0 Å². The van der Waals surface area contributed by atoms with Gasteiger partial charge in [-0.1, -0.05) is 18.2 Å². The average Bonchev–Trinajstić information content (AvgIpc) is 2.28. The van der Waals surface area contributed by atoms with Crippen LogP contribution in [0.5, 0.6) is 0 Å². The van der Waals surface area contributed by atoms with Gasteiger partial charge >= 0.3 is 0 Å². The molecular weight excluding hydrogens is 231 g/mol. The minimum absolute atomic E-state index is 0.0555. The fourth-order valence-electron chi connectivity index (χ4n) is 1.73. The van der Waals surface area contributed by atoms with Gasteiger partial charge in [-0.05, 0) is 36.8 Å². The molecule has 0 bridgehead atoms. The number of benzene rings is 2. The zero-order chi connectivity index (χ0) is 13.1. The van der Waals surface area contributed by atoms with Gasteiger partial charge in [-0.2, -0.15) is 0 Å². The number of amides is 1. The summed E-state index contributed by atoms with van der Waals surface area (Å²) in [6.07, 6.45) is 0. The summed E-state index contributed by atoms with van der Waals surface area (Å²) in [5.74, 6) is -1.01.